The molecule has 1 aromatic rings. The maximum Gasteiger partial charge on any atom is 0.322 e. The molecule has 110 valence electrons. The Balaban J connectivity index is 2.69. The summed E-state index contributed by atoms with van der Waals surface area (Å²) in [7, 11) is 1.58. The second kappa shape index (κ2) is 6.33. The standard InChI is InChI=1S/C13H19N3O4/c1-13(2,8-17)16(3)12(20)15-10-5-4-9(14-7-10)6-11(18)19/h4-5,7,17H,6,8H2,1-3H3,(H,15,20)(H,18,19). The van der Waals surface area contributed by atoms with Crippen molar-refractivity contribution in [3.63, 3.8) is 0 Å². The van der Waals surface area contributed by atoms with E-state index in [1.54, 1.807) is 33.0 Å². The maximum absolute atomic E-state index is 12.0. The fourth-order valence-corrected chi connectivity index (χ4v) is 1.35. The summed E-state index contributed by atoms with van der Waals surface area (Å²) in [6.45, 7) is 3.31. The number of aliphatic hydroxyl groups excluding tert-OH is 1. The topological polar surface area (TPSA) is 103 Å². The molecule has 0 saturated carbocycles. The van der Waals surface area contributed by atoms with Gasteiger partial charge in [0.1, 0.15) is 0 Å². The third kappa shape index (κ3) is 4.20. The highest BCUT2D eigenvalue weighted by Crippen LogP contribution is 2.14. The zero-order valence-corrected chi connectivity index (χ0v) is 11.8. The van der Waals surface area contributed by atoms with Gasteiger partial charge in [0.2, 0.25) is 0 Å². The fraction of sp³-hybridized carbons (Fsp3) is 0.462. The lowest BCUT2D eigenvalue weighted by atomic mass is 10.1. The van der Waals surface area contributed by atoms with Gasteiger partial charge >= 0.3 is 12.0 Å². The number of amides is 2. The molecule has 20 heavy (non-hydrogen) atoms. The van der Waals surface area contributed by atoms with Crippen LogP contribution in [0.25, 0.3) is 0 Å². The van der Waals surface area contributed by atoms with E-state index >= 15 is 0 Å². The zero-order valence-electron chi connectivity index (χ0n) is 11.8. The van der Waals surface area contributed by atoms with Crippen LogP contribution >= 0.6 is 0 Å². The minimum Gasteiger partial charge on any atom is -0.481 e. The smallest absolute Gasteiger partial charge is 0.322 e. The van der Waals surface area contributed by atoms with Crippen LogP contribution in [0.1, 0.15) is 19.5 Å². The number of aliphatic hydroxyl groups is 1. The van der Waals surface area contributed by atoms with Gasteiger partial charge in [-0.2, -0.15) is 0 Å². The molecule has 0 unspecified atom stereocenters. The highest BCUT2D eigenvalue weighted by molar-refractivity contribution is 5.89. The number of carbonyl (C=O) groups is 2. The van der Waals surface area contributed by atoms with E-state index in [4.69, 9.17) is 5.11 Å². The van der Waals surface area contributed by atoms with Crippen LogP contribution in [0.4, 0.5) is 10.5 Å². The molecule has 0 aromatic carbocycles. The molecule has 0 spiro atoms. The summed E-state index contributed by atoms with van der Waals surface area (Å²) in [5, 5.41) is 20.5. The van der Waals surface area contributed by atoms with Crippen molar-refractivity contribution in [2.24, 2.45) is 0 Å². The summed E-state index contributed by atoms with van der Waals surface area (Å²) in [6, 6.07) is 2.75. The minimum atomic E-state index is -0.960. The molecule has 1 rings (SSSR count). The Hall–Kier alpha value is -2.15. The van der Waals surface area contributed by atoms with Crippen LogP contribution < -0.4 is 5.32 Å². The lowest BCUT2D eigenvalue weighted by Crippen LogP contribution is -2.49. The molecule has 0 atom stereocenters. The van der Waals surface area contributed by atoms with Gasteiger partial charge in [-0.1, -0.05) is 0 Å². The van der Waals surface area contributed by atoms with Gasteiger partial charge in [0.25, 0.3) is 0 Å². The summed E-state index contributed by atoms with van der Waals surface area (Å²) >= 11 is 0. The number of hydrogen-bond acceptors (Lipinski definition) is 4. The summed E-state index contributed by atoms with van der Waals surface area (Å²) in [4.78, 5) is 27.8. The number of pyridine rings is 1. The SMILES string of the molecule is CN(C(=O)Nc1ccc(CC(=O)O)nc1)C(C)(C)CO. The lowest BCUT2D eigenvalue weighted by molar-refractivity contribution is -0.136. The Bertz CT molecular complexity index is 485. The molecular formula is C13H19N3O4. The first-order valence-corrected chi connectivity index (χ1v) is 6.08. The number of carboxylic acid groups (broad SMARTS) is 1. The molecular weight excluding hydrogens is 262 g/mol. The Morgan fingerprint density at radius 2 is 2.05 bits per heavy atom. The molecule has 0 saturated heterocycles. The molecule has 3 N–H and O–H groups in total. The lowest BCUT2D eigenvalue weighted by Gasteiger charge is -2.33. The Morgan fingerprint density at radius 1 is 1.40 bits per heavy atom. The molecule has 0 radical (unpaired) electrons. The van der Waals surface area contributed by atoms with E-state index in [9.17, 15) is 14.7 Å². The van der Waals surface area contributed by atoms with Gasteiger partial charge in [-0.15, -0.1) is 0 Å². The molecule has 1 aromatic heterocycles. The summed E-state index contributed by atoms with van der Waals surface area (Å²) in [5.74, 6) is -0.960. The molecule has 1 heterocycles. The summed E-state index contributed by atoms with van der Waals surface area (Å²) in [6.07, 6.45) is 1.24. The van der Waals surface area contributed by atoms with E-state index in [0.717, 1.165) is 0 Å². The number of rotatable bonds is 5. The van der Waals surface area contributed by atoms with Gasteiger partial charge in [-0.05, 0) is 26.0 Å². The number of hydrogen-bond donors (Lipinski definition) is 3. The van der Waals surface area contributed by atoms with Crippen LogP contribution in [0.3, 0.4) is 0 Å². The van der Waals surface area contributed by atoms with Crippen LogP contribution in [0, 0.1) is 0 Å². The highest BCUT2D eigenvalue weighted by Gasteiger charge is 2.26. The number of nitrogens with one attached hydrogen (secondary N) is 1. The average Bonchev–Trinajstić information content (AvgIpc) is 2.39. The number of likely N-dealkylation sites (N-methyl/N-ethyl adjacent to an activating group) is 1. The second-order valence-electron chi connectivity index (χ2n) is 5.07. The molecule has 7 heteroatoms. The third-order valence-corrected chi connectivity index (χ3v) is 3.01. The molecule has 0 bridgehead atoms. The van der Waals surface area contributed by atoms with Crippen LogP contribution in [0.2, 0.25) is 0 Å². The van der Waals surface area contributed by atoms with Crippen molar-refractivity contribution in [2.75, 3.05) is 19.0 Å². The first kappa shape index (κ1) is 15.9. The van der Waals surface area contributed by atoms with Gasteiger partial charge in [-0.25, -0.2) is 4.79 Å². The summed E-state index contributed by atoms with van der Waals surface area (Å²) in [5.41, 5.74) is 0.199. The second-order valence-corrected chi connectivity index (χ2v) is 5.07. The number of aliphatic carboxylic acids is 1. The number of anilines is 1. The molecule has 0 aliphatic heterocycles. The number of carbonyl (C=O) groups excluding carboxylic acids is 1. The van der Waals surface area contributed by atoms with Crippen LogP contribution in [-0.4, -0.2) is 51.3 Å². The van der Waals surface area contributed by atoms with Gasteiger partial charge in [0.15, 0.2) is 0 Å². The Kier molecular flexibility index (Phi) is 5.04. The normalized spacial score (nSPS) is 11.0. The van der Waals surface area contributed by atoms with Crippen molar-refractivity contribution in [3.8, 4) is 0 Å². The Morgan fingerprint density at radius 3 is 2.50 bits per heavy atom. The van der Waals surface area contributed by atoms with Crippen molar-refractivity contribution >= 4 is 17.7 Å². The molecule has 0 aliphatic rings. The molecule has 7 nitrogen and oxygen atoms in total. The van der Waals surface area contributed by atoms with Crippen molar-refractivity contribution in [3.05, 3.63) is 24.0 Å². The van der Waals surface area contributed by atoms with E-state index in [1.165, 1.54) is 11.1 Å². The van der Waals surface area contributed by atoms with E-state index in [1.807, 2.05) is 0 Å². The van der Waals surface area contributed by atoms with Crippen LogP contribution in [0.5, 0.6) is 0 Å². The quantitative estimate of drug-likeness (QED) is 0.745. The largest absolute Gasteiger partial charge is 0.481 e. The Labute approximate surface area is 117 Å². The fourth-order valence-electron chi connectivity index (χ4n) is 1.35. The predicted molar refractivity (Wildman–Crippen MR) is 73.5 cm³/mol. The van der Waals surface area contributed by atoms with E-state index in [-0.39, 0.29) is 19.1 Å². The first-order valence-electron chi connectivity index (χ1n) is 6.08. The number of carboxylic acids is 1. The predicted octanol–water partition coefficient (Wildman–Crippen LogP) is 0.943. The van der Waals surface area contributed by atoms with Crippen molar-refractivity contribution in [1.82, 2.24) is 9.88 Å². The van der Waals surface area contributed by atoms with Crippen LogP contribution in [-0.2, 0) is 11.2 Å². The molecule has 2 amide bonds. The van der Waals surface area contributed by atoms with Crippen LogP contribution in [0.15, 0.2) is 18.3 Å². The number of nitrogens with zero attached hydrogens (tertiary/aromatic N) is 2. The zero-order chi connectivity index (χ0) is 15.3. The van der Waals surface area contributed by atoms with E-state index < -0.39 is 11.5 Å². The van der Waals surface area contributed by atoms with E-state index in [0.29, 0.717) is 11.4 Å². The first-order chi connectivity index (χ1) is 9.26. The van der Waals surface area contributed by atoms with Crippen molar-refractivity contribution in [2.45, 2.75) is 25.8 Å². The summed E-state index contributed by atoms with van der Waals surface area (Å²) < 4.78 is 0. The van der Waals surface area contributed by atoms with Gasteiger partial charge in [0.05, 0.1) is 36.1 Å². The highest BCUT2D eigenvalue weighted by atomic mass is 16.4. The number of aromatic nitrogens is 1. The number of urea groups is 1. The van der Waals surface area contributed by atoms with Gasteiger partial charge in [0, 0.05) is 7.05 Å². The van der Waals surface area contributed by atoms with Crippen molar-refractivity contribution in [1.29, 1.82) is 0 Å². The van der Waals surface area contributed by atoms with Gasteiger partial charge < -0.3 is 20.4 Å². The average molecular weight is 281 g/mol. The molecule has 0 aliphatic carbocycles. The minimum absolute atomic E-state index is 0.160. The monoisotopic (exact) mass is 281 g/mol. The molecule has 0 fully saturated rings. The third-order valence-electron chi connectivity index (χ3n) is 3.01. The van der Waals surface area contributed by atoms with Gasteiger partial charge in [-0.3, -0.25) is 9.78 Å². The maximum atomic E-state index is 12.0. The van der Waals surface area contributed by atoms with Crippen molar-refractivity contribution < 1.29 is 19.8 Å². The van der Waals surface area contributed by atoms with E-state index in [2.05, 4.69) is 10.3 Å².